The van der Waals surface area contributed by atoms with Crippen molar-refractivity contribution in [3.63, 3.8) is 0 Å². The molecule has 0 saturated carbocycles. The van der Waals surface area contributed by atoms with Crippen LogP contribution in [-0.4, -0.2) is 40.5 Å². The number of carbonyl (C=O) groups excluding carboxylic acids is 1. The number of carbonyl (C=O) groups is 1. The van der Waals surface area contributed by atoms with Crippen molar-refractivity contribution in [2.45, 2.75) is 6.04 Å². The van der Waals surface area contributed by atoms with Crippen molar-refractivity contribution in [1.82, 2.24) is 10.5 Å². The zero-order chi connectivity index (χ0) is 13.7. The van der Waals surface area contributed by atoms with Gasteiger partial charge in [-0.3, -0.25) is 4.79 Å². The number of rotatable bonds is 5. The highest BCUT2D eigenvalue weighted by Crippen LogP contribution is 2.18. The van der Waals surface area contributed by atoms with Crippen molar-refractivity contribution < 1.29 is 19.5 Å². The van der Waals surface area contributed by atoms with Gasteiger partial charge in [0.05, 0.1) is 19.3 Å². The maximum Gasteiger partial charge on any atom is 0.290 e. The second-order valence-corrected chi connectivity index (χ2v) is 3.98. The van der Waals surface area contributed by atoms with E-state index in [4.69, 9.17) is 14.7 Å². The van der Waals surface area contributed by atoms with E-state index < -0.39 is 11.9 Å². The molecule has 0 aliphatic heterocycles. The van der Waals surface area contributed by atoms with Crippen LogP contribution in [-0.2, 0) is 0 Å². The molecular weight excluding hydrogens is 248 g/mol. The number of aromatic nitrogens is 1. The number of amides is 1. The molecule has 6 heteroatoms. The van der Waals surface area contributed by atoms with Gasteiger partial charge in [-0.15, -0.1) is 0 Å². The van der Waals surface area contributed by atoms with Crippen LogP contribution >= 0.6 is 0 Å². The minimum atomic E-state index is -0.710. The molecule has 1 aromatic heterocycles. The van der Waals surface area contributed by atoms with Crippen LogP contribution in [0.15, 0.2) is 40.9 Å². The van der Waals surface area contributed by atoms with Crippen LogP contribution in [0.25, 0.3) is 11.3 Å². The number of aliphatic hydroxyl groups excluding tert-OH is 2. The Morgan fingerprint density at radius 1 is 1.26 bits per heavy atom. The smallest absolute Gasteiger partial charge is 0.290 e. The Morgan fingerprint density at radius 3 is 2.58 bits per heavy atom. The third-order valence-corrected chi connectivity index (χ3v) is 2.58. The molecule has 1 aromatic carbocycles. The maximum atomic E-state index is 11.8. The first-order valence-electron chi connectivity index (χ1n) is 5.79. The summed E-state index contributed by atoms with van der Waals surface area (Å²) < 4.78 is 4.95. The van der Waals surface area contributed by atoms with Crippen LogP contribution in [0.4, 0.5) is 0 Å². The first-order valence-corrected chi connectivity index (χ1v) is 5.79. The van der Waals surface area contributed by atoms with E-state index in [0.29, 0.717) is 5.69 Å². The van der Waals surface area contributed by atoms with Crippen LogP contribution in [0.1, 0.15) is 10.6 Å². The molecule has 2 rings (SSSR count). The van der Waals surface area contributed by atoms with Crippen LogP contribution in [0.5, 0.6) is 0 Å². The molecule has 1 amide bonds. The molecule has 0 aliphatic rings. The summed E-state index contributed by atoms with van der Waals surface area (Å²) in [5.41, 5.74) is 1.39. The van der Waals surface area contributed by atoms with Crippen molar-refractivity contribution in [2.24, 2.45) is 0 Å². The fourth-order valence-electron chi connectivity index (χ4n) is 1.53. The predicted octanol–water partition coefficient (Wildman–Crippen LogP) is 0.425. The Bertz CT molecular complexity index is 535. The van der Waals surface area contributed by atoms with E-state index in [1.165, 1.54) is 6.07 Å². The fourth-order valence-corrected chi connectivity index (χ4v) is 1.53. The third kappa shape index (κ3) is 3.18. The Hall–Kier alpha value is -2.18. The zero-order valence-corrected chi connectivity index (χ0v) is 10.1. The van der Waals surface area contributed by atoms with Gasteiger partial charge >= 0.3 is 0 Å². The van der Waals surface area contributed by atoms with Gasteiger partial charge in [0.25, 0.3) is 5.91 Å². The van der Waals surface area contributed by atoms with Gasteiger partial charge in [-0.1, -0.05) is 35.5 Å². The molecule has 3 N–H and O–H groups in total. The molecule has 0 unspecified atom stereocenters. The lowest BCUT2D eigenvalue weighted by Gasteiger charge is -2.11. The van der Waals surface area contributed by atoms with Gasteiger partial charge in [0, 0.05) is 11.6 Å². The number of benzene rings is 1. The van der Waals surface area contributed by atoms with E-state index in [9.17, 15) is 4.79 Å². The summed E-state index contributed by atoms with van der Waals surface area (Å²) in [5, 5.41) is 24.0. The average Bonchev–Trinajstić information content (AvgIpc) is 2.95. The lowest BCUT2D eigenvalue weighted by atomic mass is 10.1. The summed E-state index contributed by atoms with van der Waals surface area (Å²) >= 11 is 0. The fraction of sp³-hybridized carbons (Fsp3) is 0.231. The Morgan fingerprint density at radius 2 is 1.95 bits per heavy atom. The van der Waals surface area contributed by atoms with Gasteiger partial charge in [0.15, 0.2) is 0 Å². The molecule has 0 atom stereocenters. The minimum Gasteiger partial charge on any atom is -0.394 e. The van der Waals surface area contributed by atoms with E-state index in [2.05, 4.69) is 10.5 Å². The topological polar surface area (TPSA) is 95.6 Å². The molecule has 2 aromatic rings. The summed E-state index contributed by atoms with van der Waals surface area (Å²) in [7, 11) is 0. The van der Waals surface area contributed by atoms with Crippen LogP contribution in [0, 0.1) is 0 Å². The quantitative estimate of drug-likeness (QED) is 0.726. The lowest BCUT2D eigenvalue weighted by Crippen LogP contribution is -2.39. The van der Waals surface area contributed by atoms with Crippen molar-refractivity contribution in [3.8, 4) is 11.3 Å². The molecule has 0 spiro atoms. The summed E-state index contributed by atoms with van der Waals surface area (Å²) in [6, 6.07) is 10.1. The number of nitrogens with zero attached hydrogens (tertiary/aromatic N) is 1. The number of hydrogen-bond acceptors (Lipinski definition) is 5. The first kappa shape index (κ1) is 13.3. The molecule has 6 nitrogen and oxygen atoms in total. The number of hydrogen-bond donors (Lipinski definition) is 3. The van der Waals surface area contributed by atoms with Gasteiger partial charge in [-0.05, 0) is 0 Å². The van der Waals surface area contributed by atoms with E-state index >= 15 is 0 Å². The van der Waals surface area contributed by atoms with Crippen LogP contribution < -0.4 is 5.32 Å². The number of nitrogens with one attached hydrogen (secondary N) is 1. The van der Waals surface area contributed by atoms with Crippen molar-refractivity contribution >= 4 is 5.91 Å². The van der Waals surface area contributed by atoms with Crippen molar-refractivity contribution in [2.75, 3.05) is 13.2 Å². The summed E-state index contributed by atoms with van der Waals surface area (Å²) in [4.78, 5) is 11.8. The van der Waals surface area contributed by atoms with Crippen LogP contribution in [0.2, 0.25) is 0 Å². The van der Waals surface area contributed by atoms with E-state index in [1.54, 1.807) is 0 Å². The van der Waals surface area contributed by atoms with Gasteiger partial charge in [0.1, 0.15) is 5.69 Å². The van der Waals surface area contributed by atoms with Gasteiger partial charge in [-0.25, -0.2) is 0 Å². The predicted molar refractivity (Wildman–Crippen MR) is 67.4 cm³/mol. The second kappa shape index (κ2) is 6.12. The Balaban J connectivity index is 2.11. The third-order valence-electron chi connectivity index (χ3n) is 2.58. The SMILES string of the molecule is O=C(NC(CO)CO)c1cc(-c2ccccc2)no1. The molecule has 1 heterocycles. The minimum absolute atomic E-state index is 0.0331. The highest BCUT2D eigenvalue weighted by molar-refractivity contribution is 5.92. The summed E-state index contributed by atoms with van der Waals surface area (Å²) in [6.45, 7) is -0.691. The first-order chi connectivity index (χ1) is 9.24. The lowest BCUT2D eigenvalue weighted by molar-refractivity contribution is 0.0843. The van der Waals surface area contributed by atoms with Crippen LogP contribution in [0.3, 0.4) is 0 Å². The molecule has 19 heavy (non-hydrogen) atoms. The highest BCUT2D eigenvalue weighted by atomic mass is 16.5. The van der Waals surface area contributed by atoms with Crippen molar-refractivity contribution in [3.05, 3.63) is 42.2 Å². The monoisotopic (exact) mass is 262 g/mol. The largest absolute Gasteiger partial charge is 0.394 e. The standard InChI is InChI=1S/C13H14N2O4/c16-7-10(8-17)14-13(18)12-6-11(15-19-12)9-4-2-1-3-5-9/h1-6,10,16-17H,7-8H2,(H,14,18). The van der Waals surface area contributed by atoms with Gasteiger partial charge in [0.2, 0.25) is 5.76 Å². The molecule has 100 valence electrons. The van der Waals surface area contributed by atoms with Gasteiger partial charge in [-0.2, -0.15) is 0 Å². The highest BCUT2D eigenvalue weighted by Gasteiger charge is 2.17. The van der Waals surface area contributed by atoms with Crippen molar-refractivity contribution in [1.29, 1.82) is 0 Å². The molecule has 0 saturated heterocycles. The molecule has 0 radical (unpaired) electrons. The van der Waals surface area contributed by atoms with E-state index in [1.807, 2.05) is 30.3 Å². The average molecular weight is 262 g/mol. The molecule has 0 bridgehead atoms. The zero-order valence-electron chi connectivity index (χ0n) is 10.1. The molecule has 0 fully saturated rings. The normalized spacial score (nSPS) is 10.7. The Labute approximate surface area is 109 Å². The number of aliphatic hydroxyl groups is 2. The summed E-state index contributed by atoms with van der Waals surface area (Å²) in [5.74, 6) is -0.492. The summed E-state index contributed by atoms with van der Waals surface area (Å²) in [6.07, 6.45) is 0. The molecule has 0 aliphatic carbocycles. The second-order valence-electron chi connectivity index (χ2n) is 3.98. The molecular formula is C13H14N2O4. The van der Waals surface area contributed by atoms with E-state index in [0.717, 1.165) is 5.56 Å². The maximum absolute atomic E-state index is 11.8. The van der Waals surface area contributed by atoms with E-state index in [-0.39, 0.29) is 19.0 Å². The van der Waals surface area contributed by atoms with Gasteiger partial charge < -0.3 is 20.1 Å². The Kier molecular flexibility index (Phi) is 4.27.